The van der Waals surface area contributed by atoms with Crippen molar-refractivity contribution in [2.45, 2.75) is 119 Å². The van der Waals surface area contributed by atoms with Crippen molar-refractivity contribution < 1.29 is 41.4 Å². The molecule has 57 heavy (non-hydrogen) atoms. The molecule has 2 atom stereocenters. The number of carbonyl (C=O) groups excluding carboxylic acids is 3. The van der Waals surface area contributed by atoms with E-state index in [1.165, 1.54) is 0 Å². The largest absolute Gasteiger partial charge is 0.356 e. The molecule has 2 heterocycles. The van der Waals surface area contributed by atoms with Crippen LogP contribution in [0.15, 0.2) is 36.4 Å². The van der Waals surface area contributed by atoms with E-state index in [-0.39, 0.29) is 55.8 Å². The minimum Gasteiger partial charge on any atom is -0.356 e. The zero-order valence-electron chi connectivity index (χ0n) is 32.5. The molecule has 316 valence electrons. The molecule has 0 unspecified atom stereocenters. The highest BCUT2D eigenvalue weighted by atomic mass is 35.5. The number of aldehydes is 1. The summed E-state index contributed by atoms with van der Waals surface area (Å²) < 4.78 is 64.8. The van der Waals surface area contributed by atoms with Crippen molar-refractivity contribution in [2.24, 2.45) is 11.8 Å². The number of amides is 2. The van der Waals surface area contributed by atoms with Gasteiger partial charge in [0.15, 0.2) is 6.29 Å². The zero-order chi connectivity index (χ0) is 41.6. The van der Waals surface area contributed by atoms with Gasteiger partial charge in [0.25, 0.3) is 0 Å². The first-order valence-electron chi connectivity index (χ1n) is 19.6. The summed E-state index contributed by atoms with van der Waals surface area (Å²) in [6, 6.07) is 10.9. The molecule has 4 aliphatic rings. The molecule has 2 amide bonds. The van der Waals surface area contributed by atoms with Crippen molar-refractivity contribution in [3.63, 3.8) is 0 Å². The Balaban J connectivity index is 0.000000219. The number of nitrogens with zero attached hydrogens (tertiary/aromatic N) is 2. The number of benzene rings is 2. The Kier molecular flexibility index (Phi) is 15.7. The maximum Gasteiger partial charge on any atom is 0.248 e. The lowest BCUT2D eigenvalue weighted by Gasteiger charge is -2.45. The van der Waals surface area contributed by atoms with Crippen LogP contribution >= 0.6 is 46.4 Å². The van der Waals surface area contributed by atoms with Crippen LogP contribution in [0.2, 0.25) is 20.1 Å². The first-order valence-corrected chi connectivity index (χ1v) is 21.2. The number of rotatable bonds is 12. The number of hydrogen-bond donors (Lipinski definition) is 0. The van der Waals surface area contributed by atoms with E-state index in [0.717, 1.165) is 17.4 Å². The van der Waals surface area contributed by atoms with Gasteiger partial charge in [0.1, 0.15) is 6.29 Å². The second-order valence-corrected chi connectivity index (χ2v) is 18.1. The summed E-state index contributed by atoms with van der Waals surface area (Å²) in [6.07, 6.45) is 4.42. The van der Waals surface area contributed by atoms with E-state index in [2.05, 4.69) is 0 Å². The lowest BCUT2D eigenvalue weighted by molar-refractivity contribution is -0.144. The Labute approximate surface area is 353 Å². The molecule has 2 aliphatic heterocycles. The normalized spacial score (nSPS) is 25.7. The van der Waals surface area contributed by atoms with E-state index in [1.807, 2.05) is 23.1 Å². The third-order valence-electron chi connectivity index (χ3n) is 12.6. The van der Waals surface area contributed by atoms with Gasteiger partial charge in [-0.05, 0) is 85.8 Å². The number of likely N-dealkylation sites (tertiary alicyclic amines) is 2. The van der Waals surface area contributed by atoms with E-state index in [9.17, 15) is 31.9 Å². The Bertz CT molecular complexity index is 1710. The summed E-state index contributed by atoms with van der Waals surface area (Å²) in [6.45, 7) is 1.84. The Hall–Kier alpha value is -2.15. The van der Waals surface area contributed by atoms with Gasteiger partial charge in [-0.25, -0.2) is 17.6 Å². The highest BCUT2D eigenvalue weighted by Crippen LogP contribution is 2.44. The molecule has 0 aromatic heterocycles. The van der Waals surface area contributed by atoms with Crippen LogP contribution in [0.3, 0.4) is 0 Å². The number of carbonyl (C=O) groups is 3. The molecule has 2 saturated carbocycles. The van der Waals surface area contributed by atoms with Crippen LogP contribution in [-0.4, -0.2) is 86.4 Å². The quantitative estimate of drug-likeness (QED) is 0.121. The van der Waals surface area contributed by atoms with Gasteiger partial charge in [-0.1, -0.05) is 58.5 Å². The number of hydrogen-bond acceptors (Lipinski definition) is 5. The van der Waals surface area contributed by atoms with Crippen molar-refractivity contribution in [2.75, 3.05) is 40.4 Å². The molecule has 15 heteroatoms. The van der Waals surface area contributed by atoms with Gasteiger partial charge >= 0.3 is 0 Å². The first kappa shape index (κ1) is 45.9. The van der Waals surface area contributed by atoms with Crippen LogP contribution in [0.25, 0.3) is 0 Å². The van der Waals surface area contributed by atoms with Gasteiger partial charge in [-0.2, -0.15) is 0 Å². The number of piperidine rings is 2. The van der Waals surface area contributed by atoms with E-state index in [4.69, 9.17) is 55.9 Å². The van der Waals surface area contributed by atoms with Crippen molar-refractivity contribution in [1.29, 1.82) is 0 Å². The average molecular weight is 883 g/mol. The summed E-state index contributed by atoms with van der Waals surface area (Å²) in [5.74, 6) is -4.89. The minimum absolute atomic E-state index is 0.0221. The van der Waals surface area contributed by atoms with Crippen molar-refractivity contribution >= 4 is 64.5 Å². The number of ether oxygens (including phenoxy) is 2. The highest BCUT2D eigenvalue weighted by molar-refractivity contribution is 6.42. The Morgan fingerprint density at radius 3 is 1.47 bits per heavy atom. The van der Waals surface area contributed by atoms with Crippen molar-refractivity contribution in [1.82, 2.24) is 9.80 Å². The minimum atomic E-state index is -2.58. The lowest BCUT2D eigenvalue weighted by atomic mass is 9.71. The lowest BCUT2D eigenvalue weighted by Crippen LogP contribution is -2.52. The summed E-state index contributed by atoms with van der Waals surface area (Å²) in [5.41, 5.74) is 0.931. The molecule has 2 saturated heterocycles. The first-order chi connectivity index (χ1) is 26.9. The van der Waals surface area contributed by atoms with E-state index < -0.39 is 29.0 Å². The molecule has 2 aromatic carbocycles. The molecule has 6 rings (SSSR count). The third kappa shape index (κ3) is 11.8. The van der Waals surface area contributed by atoms with Crippen LogP contribution in [0.4, 0.5) is 17.6 Å². The van der Waals surface area contributed by atoms with Gasteiger partial charge < -0.3 is 24.1 Å². The maximum atomic E-state index is 13.5. The van der Waals surface area contributed by atoms with Crippen molar-refractivity contribution in [3.05, 3.63) is 67.6 Å². The van der Waals surface area contributed by atoms with Gasteiger partial charge in [0.05, 0.1) is 20.1 Å². The fraction of sp³-hybridized carbons (Fsp3) is 0.643. The predicted octanol–water partition coefficient (Wildman–Crippen LogP) is 11.0. The van der Waals surface area contributed by atoms with Gasteiger partial charge in [-0.3, -0.25) is 9.59 Å². The Morgan fingerprint density at radius 2 is 1.07 bits per heavy atom. The molecular formula is C42H52Cl4F4N2O5. The predicted molar refractivity (Wildman–Crippen MR) is 215 cm³/mol. The smallest absolute Gasteiger partial charge is 0.248 e. The maximum absolute atomic E-state index is 13.5. The molecule has 7 nitrogen and oxygen atoms in total. The van der Waals surface area contributed by atoms with Crippen LogP contribution < -0.4 is 0 Å². The molecule has 0 N–H and O–H groups in total. The molecule has 0 bridgehead atoms. The van der Waals surface area contributed by atoms with Crippen LogP contribution in [-0.2, 0) is 34.7 Å². The van der Waals surface area contributed by atoms with Crippen LogP contribution in [0, 0.1) is 11.8 Å². The van der Waals surface area contributed by atoms with Crippen LogP contribution in [0.1, 0.15) is 101 Å². The Morgan fingerprint density at radius 1 is 0.667 bits per heavy atom. The number of halogens is 8. The van der Waals surface area contributed by atoms with Gasteiger partial charge in [-0.15, -0.1) is 0 Å². The molecule has 0 radical (unpaired) electrons. The third-order valence-corrected chi connectivity index (χ3v) is 14.1. The monoisotopic (exact) mass is 880 g/mol. The van der Waals surface area contributed by atoms with Crippen LogP contribution in [0.5, 0.6) is 0 Å². The molecule has 2 aliphatic carbocycles. The fourth-order valence-electron chi connectivity index (χ4n) is 9.03. The summed E-state index contributed by atoms with van der Waals surface area (Å²) >= 11 is 24.6. The molecular weight excluding hydrogens is 830 g/mol. The zero-order valence-corrected chi connectivity index (χ0v) is 35.5. The fourth-order valence-corrected chi connectivity index (χ4v) is 9.62. The molecule has 4 fully saturated rings. The summed E-state index contributed by atoms with van der Waals surface area (Å²) in [4.78, 5) is 40.2. The number of alkyl halides is 4. The van der Waals surface area contributed by atoms with Crippen molar-refractivity contribution in [3.8, 4) is 0 Å². The van der Waals surface area contributed by atoms with E-state index >= 15 is 0 Å². The second kappa shape index (κ2) is 19.5. The summed E-state index contributed by atoms with van der Waals surface area (Å²) in [5, 5.41) is 1.78. The molecule has 2 aromatic rings. The molecule has 0 spiro atoms. The van der Waals surface area contributed by atoms with E-state index in [1.54, 1.807) is 37.3 Å². The topological polar surface area (TPSA) is 76.1 Å². The van der Waals surface area contributed by atoms with Gasteiger partial charge in [0, 0.05) is 103 Å². The average Bonchev–Trinajstić information content (AvgIpc) is 3.17. The summed E-state index contributed by atoms with van der Waals surface area (Å²) in [7, 11) is 3.18. The second-order valence-electron chi connectivity index (χ2n) is 16.4. The highest BCUT2D eigenvalue weighted by Gasteiger charge is 2.45. The number of methoxy groups -OCH3 is 2. The van der Waals surface area contributed by atoms with E-state index in [0.29, 0.717) is 104 Å². The standard InChI is InChI=1S/C22H29Cl2F2NO3.C20H23Cl2F2NO2/c1-29-20(30-2)12-21(16-3-4-17(23)18(24)11-16)8-7-19(28)27(14-21)13-15-5-9-22(25,26)10-6-15;21-16-2-1-15(11-17(16)22)19(9-10-26)6-5-18(27)25(13-19)12-14-3-7-20(23,24)8-4-14/h3-4,11,15,20H,5-10,12-14H2,1-2H3;1-2,10-11,14H,3-9,12-13H2/t21-;19-/m11/s1. The van der Waals surface area contributed by atoms with Gasteiger partial charge in [0.2, 0.25) is 23.7 Å². The SMILES string of the molecule is COC(C[C@]1(c2ccc(Cl)c(Cl)c2)CCC(=O)N(CC2CCC(F)(F)CC2)C1)OC.O=CC[C@]1(c2ccc(Cl)c(Cl)c2)CCC(=O)N(CC2CCC(F)(F)CC2)C1.